The summed E-state index contributed by atoms with van der Waals surface area (Å²) in [6.07, 6.45) is 0. The Bertz CT molecular complexity index is 782. The zero-order chi connectivity index (χ0) is 15.6. The Morgan fingerprint density at radius 2 is 1.81 bits per heavy atom. The van der Waals surface area contributed by atoms with E-state index in [9.17, 15) is 17.2 Å². The molecule has 8 heteroatoms. The highest BCUT2D eigenvalue weighted by Crippen LogP contribution is 2.23. The molecule has 3 N–H and O–H groups in total. The molecule has 2 rings (SSSR count). The molecule has 0 aromatic heterocycles. The summed E-state index contributed by atoms with van der Waals surface area (Å²) in [5, 5.41) is 0. The van der Waals surface area contributed by atoms with Crippen LogP contribution in [0.5, 0.6) is 0 Å². The summed E-state index contributed by atoms with van der Waals surface area (Å²) in [4.78, 5) is 0.0196. The average molecular weight is 377 g/mol. The lowest BCUT2D eigenvalue weighted by Crippen LogP contribution is -2.23. The molecule has 0 atom stereocenters. The van der Waals surface area contributed by atoms with Crippen LogP contribution >= 0.6 is 15.9 Å². The highest BCUT2D eigenvalue weighted by Gasteiger charge is 2.15. The Hall–Kier alpha value is -1.51. The first-order valence-corrected chi connectivity index (χ1v) is 8.06. The van der Waals surface area contributed by atoms with Crippen LogP contribution in [0.25, 0.3) is 0 Å². The van der Waals surface area contributed by atoms with E-state index in [1.165, 1.54) is 24.3 Å². The molecule has 0 radical (unpaired) electrons. The molecule has 0 unspecified atom stereocenters. The maximum Gasteiger partial charge on any atom is 0.240 e. The Kier molecular flexibility index (Phi) is 4.60. The topological polar surface area (TPSA) is 72.2 Å². The van der Waals surface area contributed by atoms with E-state index in [-0.39, 0.29) is 11.4 Å². The highest BCUT2D eigenvalue weighted by atomic mass is 79.9. The fourth-order valence-corrected chi connectivity index (χ4v) is 3.16. The fraction of sp³-hybridized carbons (Fsp3) is 0.0769. The van der Waals surface area contributed by atoms with E-state index in [0.29, 0.717) is 15.7 Å². The third kappa shape index (κ3) is 3.78. The molecule has 0 fully saturated rings. The van der Waals surface area contributed by atoms with Gasteiger partial charge in [-0.15, -0.1) is 0 Å². The third-order valence-electron chi connectivity index (χ3n) is 2.73. The minimum Gasteiger partial charge on any atom is -0.398 e. The molecule has 0 bridgehead atoms. The molecular weight excluding hydrogens is 366 g/mol. The normalized spacial score (nSPS) is 11.6. The van der Waals surface area contributed by atoms with Crippen molar-refractivity contribution in [3.63, 3.8) is 0 Å². The Morgan fingerprint density at radius 1 is 1.10 bits per heavy atom. The molecule has 2 aromatic carbocycles. The van der Waals surface area contributed by atoms with Crippen molar-refractivity contribution < 1.29 is 17.2 Å². The van der Waals surface area contributed by atoms with Crippen LogP contribution in [0.2, 0.25) is 0 Å². The summed E-state index contributed by atoms with van der Waals surface area (Å²) in [7, 11) is -3.77. The lowest BCUT2D eigenvalue weighted by atomic mass is 10.2. The molecule has 0 spiro atoms. The van der Waals surface area contributed by atoms with Gasteiger partial charge in [0.2, 0.25) is 10.0 Å². The molecule has 2 aromatic rings. The van der Waals surface area contributed by atoms with E-state index in [2.05, 4.69) is 20.7 Å². The molecular formula is C13H11BrF2N2O2S. The van der Waals surface area contributed by atoms with E-state index in [1.807, 2.05) is 0 Å². The van der Waals surface area contributed by atoms with Gasteiger partial charge in [-0.05, 0) is 51.8 Å². The minimum atomic E-state index is -3.77. The largest absolute Gasteiger partial charge is 0.398 e. The van der Waals surface area contributed by atoms with Crippen LogP contribution in [0, 0.1) is 11.6 Å². The summed E-state index contributed by atoms with van der Waals surface area (Å²) in [5.41, 5.74) is 6.31. The van der Waals surface area contributed by atoms with Gasteiger partial charge >= 0.3 is 0 Å². The number of nitrogen functional groups attached to an aromatic ring is 1. The molecule has 21 heavy (non-hydrogen) atoms. The van der Waals surface area contributed by atoms with Gasteiger partial charge in [0.1, 0.15) is 0 Å². The Morgan fingerprint density at radius 3 is 2.43 bits per heavy atom. The van der Waals surface area contributed by atoms with Crippen molar-refractivity contribution in [2.75, 3.05) is 5.73 Å². The number of hydrogen-bond donors (Lipinski definition) is 2. The van der Waals surface area contributed by atoms with Gasteiger partial charge in [0.15, 0.2) is 11.6 Å². The minimum absolute atomic E-state index is 0.0196. The zero-order valence-corrected chi connectivity index (χ0v) is 13.0. The molecule has 0 saturated carbocycles. The van der Waals surface area contributed by atoms with Gasteiger partial charge in [-0.25, -0.2) is 21.9 Å². The maximum atomic E-state index is 13.0. The maximum absolute atomic E-state index is 13.0. The van der Waals surface area contributed by atoms with Crippen LogP contribution < -0.4 is 10.5 Å². The fourth-order valence-electron chi connectivity index (χ4n) is 1.59. The molecule has 0 aliphatic heterocycles. The second-order valence-corrected chi connectivity index (χ2v) is 6.88. The first kappa shape index (κ1) is 15.9. The number of benzene rings is 2. The summed E-state index contributed by atoms with van der Waals surface area (Å²) < 4.78 is 52.8. The van der Waals surface area contributed by atoms with Crippen LogP contribution in [0.1, 0.15) is 5.56 Å². The van der Waals surface area contributed by atoms with Crippen molar-refractivity contribution in [2.24, 2.45) is 0 Å². The van der Waals surface area contributed by atoms with Crippen molar-refractivity contribution in [1.29, 1.82) is 0 Å². The summed E-state index contributed by atoms with van der Waals surface area (Å²) in [6, 6.07) is 7.36. The van der Waals surface area contributed by atoms with E-state index < -0.39 is 21.7 Å². The molecule has 0 heterocycles. The van der Waals surface area contributed by atoms with Crippen LogP contribution in [0.3, 0.4) is 0 Å². The molecule has 112 valence electrons. The van der Waals surface area contributed by atoms with Crippen molar-refractivity contribution in [2.45, 2.75) is 11.4 Å². The van der Waals surface area contributed by atoms with E-state index >= 15 is 0 Å². The van der Waals surface area contributed by atoms with Crippen LogP contribution in [-0.4, -0.2) is 8.42 Å². The highest BCUT2D eigenvalue weighted by molar-refractivity contribution is 9.10. The monoisotopic (exact) mass is 376 g/mol. The van der Waals surface area contributed by atoms with Crippen LogP contribution in [0.4, 0.5) is 14.5 Å². The summed E-state index contributed by atoms with van der Waals surface area (Å²) in [6.45, 7) is -0.151. The van der Waals surface area contributed by atoms with Gasteiger partial charge in [0.05, 0.1) is 4.90 Å². The van der Waals surface area contributed by atoms with Gasteiger partial charge in [0, 0.05) is 16.7 Å². The number of rotatable bonds is 4. The summed E-state index contributed by atoms with van der Waals surface area (Å²) in [5.74, 6) is -2.01. The average Bonchev–Trinajstić information content (AvgIpc) is 2.43. The third-order valence-corrected chi connectivity index (χ3v) is 4.82. The SMILES string of the molecule is Nc1ccc(S(=O)(=O)NCc2ccc(F)c(F)c2)cc1Br. The number of sulfonamides is 1. The van der Waals surface area contributed by atoms with Gasteiger partial charge < -0.3 is 5.73 Å². The molecule has 4 nitrogen and oxygen atoms in total. The van der Waals surface area contributed by atoms with Crippen molar-refractivity contribution in [1.82, 2.24) is 4.72 Å². The van der Waals surface area contributed by atoms with Gasteiger partial charge in [-0.1, -0.05) is 6.07 Å². The van der Waals surface area contributed by atoms with E-state index in [4.69, 9.17) is 5.73 Å². The van der Waals surface area contributed by atoms with E-state index in [0.717, 1.165) is 12.1 Å². The first-order chi connectivity index (χ1) is 9.79. The lowest BCUT2D eigenvalue weighted by molar-refractivity contribution is 0.506. The molecule has 0 aliphatic rings. The van der Waals surface area contributed by atoms with Crippen LogP contribution in [0.15, 0.2) is 45.8 Å². The molecule has 0 saturated heterocycles. The quantitative estimate of drug-likeness (QED) is 0.805. The Labute approximate surface area is 129 Å². The molecule has 0 amide bonds. The van der Waals surface area contributed by atoms with Gasteiger partial charge in [-0.3, -0.25) is 0 Å². The number of nitrogens with one attached hydrogen (secondary N) is 1. The van der Waals surface area contributed by atoms with Gasteiger partial charge in [0.25, 0.3) is 0 Å². The van der Waals surface area contributed by atoms with Gasteiger partial charge in [-0.2, -0.15) is 0 Å². The van der Waals surface area contributed by atoms with Crippen molar-refractivity contribution >= 4 is 31.6 Å². The predicted molar refractivity (Wildman–Crippen MR) is 78.9 cm³/mol. The number of halogens is 3. The van der Waals surface area contributed by atoms with Crippen molar-refractivity contribution in [3.05, 3.63) is 58.1 Å². The second kappa shape index (κ2) is 6.08. The van der Waals surface area contributed by atoms with Crippen molar-refractivity contribution in [3.8, 4) is 0 Å². The standard InChI is InChI=1S/C13H11BrF2N2O2S/c14-10-6-9(2-4-13(10)17)21(19,20)18-7-8-1-3-11(15)12(16)5-8/h1-6,18H,7,17H2. The van der Waals surface area contributed by atoms with E-state index in [1.54, 1.807) is 0 Å². The zero-order valence-electron chi connectivity index (χ0n) is 10.6. The lowest BCUT2D eigenvalue weighted by Gasteiger charge is -2.08. The van der Waals surface area contributed by atoms with Crippen LogP contribution in [-0.2, 0) is 16.6 Å². The smallest absolute Gasteiger partial charge is 0.240 e. The second-order valence-electron chi connectivity index (χ2n) is 4.26. The first-order valence-electron chi connectivity index (χ1n) is 5.78. The Balaban J connectivity index is 2.17. The molecule has 0 aliphatic carbocycles. The number of nitrogens with two attached hydrogens (primary N) is 1. The predicted octanol–water partition coefficient (Wildman–Crippen LogP) is 2.79. The number of hydrogen-bond acceptors (Lipinski definition) is 3. The summed E-state index contributed by atoms with van der Waals surface area (Å²) >= 11 is 3.14. The number of anilines is 1.